The Hall–Kier alpha value is -3.13. The van der Waals surface area contributed by atoms with E-state index in [4.69, 9.17) is 4.74 Å². The van der Waals surface area contributed by atoms with Crippen molar-refractivity contribution in [3.8, 4) is 5.69 Å². The molecule has 3 aromatic rings. The zero-order valence-electron chi connectivity index (χ0n) is 16.2. The summed E-state index contributed by atoms with van der Waals surface area (Å²) < 4.78 is 20.2. The molecule has 29 heavy (non-hydrogen) atoms. The van der Waals surface area contributed by atoms with Crippen LogP contribution in [0.4, 0.5) is 10.1 Å². The van der Waals surface area contributed by atoms with Gasteiger partial charge in [0.25, 0.3) is 5.91 Å². The normalized spacial score (nSPS) is 11.7. The molecule has 0 radical (unpaired) electrons. The van der Waals surface area contributed by atoms with Crippen molar-refractivity contribution in [2.45, 2.75) is 25.1 Å². The van der Waals surface area contributed by atoms with Gasteiger partial charge in [-0.05, 0) is 62.1 Å². The quantitative estimate of drug-likeness (QED) is 0.484. The average molecular weight is 413 g/mol. The van der Waals surface area contributed by atoms with E-state index < -0.39 is 18.0 Å². The summed E-state index contributed by atoms with van der Waals surface area (Å²) in [6.07, 6.45) is 2.18. The minimum absolute atomic E-state index is 0.149. The molecule has 0 spiro atoms. The van der Waals surface area contributed by atoms with Crippen LogP contribution in [0.1, 0.15) is 23.0 Å². The van der Waals surface area contributed by atoms with Crippen molar-refractivity contribution in [1.82, 2.24) is 9.55 Å². The van der Waals surface area contributed by atoms with Gasteiger partial charge in [-0.15, -0.1) is 0 Å². The van der Waals surface area contributed by atoms with Crippen LogP contribution in [0.25, 0.3) is 5.69 Å². The van der Waals surface area contributed by atoms with E-state index in [1.165, 1.54) is 37.0 Å². The predicted molar refractivity (Wildman–Crippen MR) is 110 cm³/mol. The number of amides is 1. The van der Waals surface area contributed by atoms with Gasteiger partial charge in [0.1, 0.15) is 5.82 Å². The van der Waals surface area contributed by atoms with E-state index >= 15 is 0 Å². The molecule has 0 bridgehead atoms. The minimum atomic E-state index is -1.02. The van der Waals surface area contributed by atoms with Crippen LogP contribution in [0.15, 0.2) is 59.9 Å². The number of aryl methyl sites for hydroxylation is 1. The van der Waals surface area contributed by atoms with E-state index in [9.17, 15) is 14.0 Å². The van der Waals surface area contributed by atoms with Crippen LogP contribution in [0, 0.1) is 12.7 Å². The van der Waals surface area contributed by atoms with Crippen molar-refractivity contribution in [3.05, 3.63) is 71.8 Å². The number of esters is 1. The maximum absolute atomic E-state index is 13.3. The highest BCUT2D eigenvalue weighted by molar-refractivity contribution is 7.98. The molecule has 150 valence electrons. The fraction of sp³-hybridized carbons (Fsp3) is 0.190. The summed E-state index contributed by atoms with van der Waals surface area (Å²) in [5, 5.41) is 3.27. The molecule has 1 amide bonds. The Balaban J connectivity index is 1.77. The van der Waals surface area contributed by atoms with Crippen molar-refractivity contribution in [2.75, 3.05) is 11.6 Å². The van der Waals surface area contributed by atoms with Gasteiger partial charge >= 0.3 is 5.97 Å². The molecule has 8 heteroatoms. The zero-order chi connectivity index (χ0) is 21.0. The lowest BCUT2D eigenvalue weighted by atomic mass is 10.2. The number of ether oxygens (including phenoxy) is 1. The van der Waals surface area contributed by atoms with E-state index in [0.717, 1.165) is 5.56 Å². The standard InChI is InChI=1S/C21H20FN3O3S/c1-13-5-4-6-16(11-13)24-19(26)14(2)28-20(27)18-12-23-21(29-3)25(18)17-9-7-15(22)8-10-17/h4-12,14H,1-3H3,(H,24,26). The second-order valence-corrected chi connectivity index (χ2v) is 7.12. The molecule has 1 N–H and O–H groups in total. The number of carbonyl (C=O) groups excluding carboxylic acids is 2. The summed E-state index contributed by atoms with van der Waals surface area (Å²) in [4.78, 5) is 29.3. The molecule has 0 aliphatic rings. The monoisotopic (exact) mass is 413 g/mol. The molecule has 2 aromatic carbocycles. The SMILES string of the molecule is CSc1ncc(C(=O)OC(C)C(=O)Nc2cccc(C)c2)n1-c1ccc(F)cc1. The summed E-state index contributed by atoms with van der Waals surface area (Å²) >= 11 is 1.33. The molecule has 3 rings (SSSR count). The first kappa shape index (κ1) is 20.6. The molecular formula is C21H20FN3O3S. The van der Waals surface area contributed by atoms with Crippen molar-refractivity contribution in [1.29, 1.82) is 0 Å². The van der Waals surface area contributed by atoms with Crippen LogP contribution >= 0.6 is 11.8 Å². The molecule has 0 aliphatic carbocycles. The van der Waals surface area contributed by atoms with Crippen LogP contribution in [-0.4, -0.2) is 33.8 Å². The van der Waals surface area contributed by atoms with Gasteiger partial charge in [0.2, 0.25) is 0 Å². The topological polar surface area (TPSA) is 73.2 Å². The fourth-order valence-corrected chi connectivity index (χ4v) is 3.25. The van der Waals surface area contributed by atoms with E-state index in [1.807, 2.05) is 31.4 Å². The fourth-order valence-electron chi connectivity index (χ4n) is 2.70. The summed E-state index contributed by atoms with van der Waals surface area (Å²) in [7, 11) is 0. The largest absolute Gasteiger partial charge is 0.448 e. The highest BCUT2D eigenvalue weighted by atomic mass is 32.2. The van der Waals surface area contributed by atoms with E-state index in [0.29, 0.717) is 16.5 Å². The van der Waals surface area contributed by atoms with Crippen molar-refractivity contribution >= 4 is 29.3 Å². The Morgan fingerprint density at radius 1 is 1.21 bits per heavy atom. The van der Waals surface area contributed by atoms with Crippen molar-refractivity contribution < 1.29 is 18.7 Å². The first-order valence-corrected chi connectivity index (χ1v) is 10.1. The number of hydrogen-bond acceptors (Lipinski definition) is 5. The molecule has 1 heterocycles. The van der Waals surface area contributed by atoms with E-state index in [-0.39, 0.29) is 11.5 Å². The van der Waals surface area contributed by atoms with Gasteiger partial charge in [0.05, 0.1) is 6.20 Å². The molecule has 1 atom stereocenters. The predicted octanol–water partition coefficient (Wildman–Crippen LogP) is 4.23. The van der Waals surface area contributed by atoms with Crippen molar-refractivity contribution in [2.24, 2.45) is 0 Å². The van der Waals surface area contributed by atoms with Crippen LogP contribution < -0.4 is 5.32 Å². The lowest BCUT2D eigenvalue weighted by Gasteiger charge is -2.15. The number of nitrogens with zero attached hydrogens (tertiary/aromatic N) is 2. The number of aromatic nitrogens is 2. The van der Waals surface area contributed by atoms with Crippen LogP contribution in [0.2, 0.25) is 0 Å². The highest BCUT2D eigenvalue weighted by Gasteiger charge is 2.24. The summed E-state index contributed by atoms with van der Waals surface area (Å²) in [6.45, 7) is 3.41. The second-order valence-electron chi connectivity index (χ2n) is 6.35. The van der Waals surface area contributed by atoms with Crippen LogP contribution in [0.3, 0.4) is 0 Å². The van der Waals surface area contributed by atoms with Crippen LogP contribution in [0.5, 0.6) is 0 Å². The Bertz CT molecular complexity index is 1030. The Kier molecular flexibility index (Phi) is 6.33. The van der Waals surface area contributed by atoms with Gasteiger partial charge in [-0.3, -0.25) is 9.36 Å². The first-order chi connectivity index (χ1) is 13.9. The molecule has 0 saturated carbocycles. The van der Waals surface area contributed by atoms with E-state index in [2.05, 4.69) is 10.3 Å². The van der Waals surface area contributed by atoms with Gasteiger partial charge in [-0.25, -0.2) is 14.2 Å². The number of benzene rings is 2. The number of nitrogens with one attached hydrogen (secondary N) is 1. The third kappa shape index (κ3) is 4.83. The maximum atomic E-state index is 13.3. The number of carbonyl (C=O) groups is 2. The van der Waals surface area contributed by atoms with Gasteiger partial charge in [-0.1, -0.05) is 23.9 Å². The molecule has 1 aromatic heterocycles. The molecule has 6 nitrogen and oxygen atoms in total. The second kappa shape index (κ2) is 8.91. The lowest BCUT2D eigenvalue weighted by Crippen LogP contribution is -2.30. The number of imidazole rings is 1. The minimum Gasteiger partial charge on any atom is -0.448 e. The molecule has 1 unspecified atom stereocenters. The van der Waals surface area contributed by atoms with Crippen LogP contribution in [-0.2, 0) is 9.53 Å². The number of thioether (sulfide) groups is 1. The van der Waals surface area contributed by atoms with Gasteiger partial charge in [0, 0.05) is 11.4 Å². The lowest BCUT2D eigenvalue weighted by molar-refractivity contribution is -0.123. The van der Waals surface area contributed by atoms with E-state index in [1.54, 1.807) is 22.8 Å². The average Bonchev–Trinajstić information content (AvgIpc) is 3.12. The van der Waals surface area contributed by atoms with Gasteiger partial charge < -0.3 is 10.1 Å². The Morgan fingerprint density at radius 3 is 2.59 bits per heavy atom. The zero-order valence-corrected chi connectivity index (χ0v) is 17.0. The molecular weight excluding hydrogens is 393 g/mol. The van der Waals surface area contributed by atoms with Gasteiger partial charge in [0.15, 0.2) is 17.0 Å². The Morgan fingerprint density at radius 2 is 1.93 bits per heavy atom. The molecule has 0 saturated heterocycles. The molecule has 0 aliphatic heterocycles. The summed E-state index contributed by atoms with van der Waals surface area (Å²) in [6, 6.07) is 13.0. The molecule has 0 fully saturated rings. The summed E-state index contributed by atoms with van der Waals surface area (Å²) in [5.74, 6) is -1.53. The third-order valence-corrected chi connectivity index (χ3v) is 4.80. The number of hydrogen-bond donors (Lipinski definition) is 1. The smallest absolute Gasteiger partial charge is 0.357 e. The van der Waals surface area contributed by atoms with Gasteiger partial charge in [-0.2, -0.15) is 0 Å². The first-order valence-electron chi connectivity index (χ1n) is 8.85. The third-order valence-electron chi connectivity index (χ3n) is 4.14. The summed E-state index contributed by atoms with van der Waals surface area (Å²) in [5.41, 5.74) is 2.34. The number of rotatable bonds is 6. The highest BCUT2D eigenvalue weighted by Crippen LogP contribution is 2.23. The number of anilines is 1. The maximum Gasteiger partial charge on any atom is 0.357 e. The van der Waals surface area contributed by atoms with Crippen molar-refractivity contribution in [3.63, 3.8) is 0 Å². The Labute approximate surface area is 172 Å². The number of halogens is 1.